The molecule has 7 nitrogen and oxygen atoms in total. The number of rotatable bonds is 7. The number of nitrogens with zero attached hydrogens (tertiary/aromatic N) is 1. The predicted octanol–water partition coefficient (Wildman–Crippen LogP) is 0.359. The number of benzene rings is 1. The molecule has 0 aliphatic rings. The van der Waals surface area contributed by atoms with Crippen LogP contribution in [0.15, 0.2) is 28.0 Å². The molecule has 0 aliphatic carbocycles. The van der Waals surface area contributed by atoms with Gasteiger partial charge >= 0.3 is 0 Å². The molecule has 0 bridgehead atoms. The number of thioether (sulfide) groups is 1. The van der Waals surface area contributed by atoms with Gasteiger partial charge in [-0.1, -0.05) is 0 Å². The van der Waals surface area contributed by atoms with Crippen molar-refractivity contribution in [2.45, 2.75) is 9.79 Å². The number of sulfonamides is 1. The highest BCUT2D eigenvalue weighted by molar-refractivity contribution is 7.98. The third kappa shape index (κ3) is 4.33. The van der Waals surface area contributed by atoms with Gasteiger partial charge in [0.2, 0.25) is 10.0 Å². The number of nitrogens with one attached hydrogen (secondary N) is 1. The highest BCUT2D eigenvalue weighted by Crippen LogP contribution is 2.26. The summed E-state index contributed by atoms with van der Waals surface area (Å²) in [7, 11) is -5.89. The molecular formula is C11H19N3O4S3. The second kappa shape index (κ2) is 6.97. The molecule has 0 saturated heterocycles. The zero-order valence-electron chi connectivity index (χ0n) is 12.0. The summed E-state index contributed by atoms with van der Waals surface area (Å²) in [4.78, 5) is -0.227. The molecule has 0 aliphatic heterocycles. The van der Waals surface area contributed by atoms with Crippen LogP contribution in [0.2, 0.25) is 0 Å². The van der Waals surface area contributed by atoms with Crippen molar-refractivity contribution in [1.82, 2.24) is 4.31 Å². The molecule has 10 heteroatoms. The average molecular weight is 353 g/mol. The van der Waals surface area contributed by atoms with E-state index in [4.69, 9.17) is 5.84 Å². The molecule has 21 heavy (non-hydrogen) atoms. The van der Waals surface area contributed by atoms with Crippen LogP contribution < -0.4 is 11.3 Å². The zero-order valence-corrected chi connectivity index (χ0v) is 14.5. The molecule has 3 N–H and O–H groups in total. The second-order valence-electron chi connectivity index (χ2n) is 4.39. The molecule has 0 radical (unpaired) electrons. The molecule has 0 atom stereocenters. The van der Waals surface area contributed by atoms with Gasteiger partial charge in [0, 0.05) is 25.6 Å². The standard InChI is InChI=1S/C11H19N3O4S3/c1-14(6-7-19-2)21(17,18)11-8-9(20(3,15)16)4-5-10(11)13-12/h4-5,8,13H,6-7,12H2,1-3H3. The van der Waals surface area contributed by atoms with Gasteiger partial charge in [0.25, 0.3) is 0 Å². The van der Waals surface area contributed by atoms with Gasteiger partial charge in [-0.2, -0.15) is 11.8 Å². The van der Waals surface area contributed by atoms with Gasteiger partial charge in [0.15, 0.2) is 9.84 Å². The van der Waals surface area contributed by atoms with Crippen LogP contribution in [0.25, 0.3) is 0 Å². The number of sulfone groups is 1. The summed E-state index contributed by atoms with van der Waals surface area (Å²) in [5, 5.41) is 0. The lowest BCUT2D eigenvalue weighted by atomic mass is 10.3. The third-order valence-corrected chi connectivity index (χ3v) is 6.43. The lowest BCUT2D eigenvalue weighted by Gasteiger charge is -2.19. The number of hydrogen-bond donors (Lipinski definition) is 2. The van der Waals surface area contributed by atoms with E-state index < -0.39 is 19.9 Å². The number of nitrogen functional groups attached to an aromatic ring is 1. The Hall–Kier alpha value is -0.810. The van der Waals surface area contributed by atoms with Crippen molar-refractivity contribution in [2.75, 3.05) is 37.3 Å². The number of anilines is 1. The maximum absolute atomic E-state index is 12.5. The van der Waals surface area contributed by atoms with E-state index in [0.29, 0.717) is 12.3 Å². The lowest BCUT2D eigenvalue weighted by Crippen LogP contribution is -2.30. The Balaban J connectivity index is 3.39. The Morgan fingerprint density at radius 1 is 1.29 bits per heavy atom. The summed E-state index contributed by atoms with van der Waals surface area (Å²) < 4.78 is 49.4. The van der Waals surface area contributed by atoms with E-state index in [0.717, 1.165) is 12.3 Å². The lowest BCUT2D eigenvalue weighted by molar-refractivity contribution is 0.488. The minimum Gasteiger partial charge on any atom is -0.323 e. The summed E-state index contributed by atoms with van der Waals surface area (Å²) in [6.45, 7) is 0.316. The fourth-order valence-electron chi connectivity index (χ4n) is 1.57. The highest BCUT2D eigenvalue weighted by Gasteiger charge is 2.25. The van der Waals surface area contributed by atoms with Crippen LogP contribution in [0.5, 0.6) is 0 Å². The van der Waals surface area contributed by atoms with Crippen molar-refractivity contribution in [3.8, 4) is 0 Å². The van der Waals surface area contributed by atoms with Crippen LogP contribution in [-0.2, 0) is 19.9 Å². The van der Waals surface area contributed by atoms with E-state index in [1.54, 1.807) is 0 Å². The smallest absolute Gasteiger partial charge is 0.244 e. The van der Waals surface area contributed by atoms with Crippen LogP contribution in [0.1, 0.15) is 0 Å². The van der Waals surface area contributed by atoms with E-state index in [2.05, 4.69) is 5.43 Å². The van der Waals surface area contributed by atoms with Crippen LogP contribution in [0.3, 0.4) is 0 Å². The van der Waals surface area contributed by atoms with Crippen molar-refractivity contribution in [1.29, 1.82) is 0 Å². The zero-order chi connectivity index (χ0) is 16.3. The van der Waals surface area contributed by atoms with Gasteiger partial charge in [0.1, 0.15) is 4.90 Å². The molecule has 0 spiro atoms. The van der Waals surface area contributed by atoms with E-state index in [9.17, 15) is 16.8 Å². The molecule has 1 aromatic carbocycles. The van der Waals surface area contributed by atoms with Gasteiger partial charge in [-0.25, -0.2) is 21.1 Å². The maximum atomic E-state index is 12.5. The van der Waals surface area contributed by atoms with Crippen LogP contribution in [0.4, 0.5) is 5.69 Å². The van der Waals surface area contributed by atoms with Gasteiger partial charge < -0.3 is 5.43 Å². The SMILES string of the molecule is CSCCN(C)S(=O)(=O)c1cc(S(C)(=O)=O)ccc1NN. The van der Waals surface area contributed by atoms with Crippen molar-refractivity contribution in [3.63, 3.8) is 0 Å². The van der Waals surface area contributed by atoms with Crippen molar-refractivity contribution in [3.05, 3.63) is 18.2 Å². The minimum atomic E-state index is -3.82. The number of nitrogens with two attached hydrogens (primary N) is 1. The van der Waals surface area contributed by atoms with Crippen LogP contribution >= 0.6 is 11.8 Å². The molecule has 1 aromatic rings. The fourth-order valence-corrected chi connectivity index (χ4v) is 4.22. The minimum absolute atomic E-state index is 0.0710. The van der Waals surface area contributed by atoms with Crippen molar-refractivity contribution in [2.24, 2.45) is 5.84 Å². The molecule has 0 amide bonds. The fraction of sp³-hybridized carbons (Fsp3) is 0.455. The van der Waals surface area contributed by atoms with Gasteiger partial charge in [-0.3, -0.25) is 5.84 Å². The van der Waals surface area contributed by atoms with Crippen LogP contribution in [0, 0.1) is 0 Å². The Morgan fingerprint density at radius 2 is 1.90 bits per heavy atom. The average Bonchev–Trinajstić information content (AvgIpc) is 2.42. The van der Waals surface area contributed by atoms with E-state index >= 15 is 0 Å². The van der Waals surface area contributed by atoms with Gasteiger partial charge in [-0.05, 0) is 24.5 Å². The molecule has 1 rings (SSSR count). The monoisotopic (exact) mass is 353 g/mol. The quantitative estimate of drug-likeness (QED) is 0.538. The molecular weight excluding hydrogens is 334 g/mol. The predicted molar refractivity (Wildman–Crippen MR) is 85.6 cm³/mol. The first-order chi connectivity index (χ1) is 9.64. The Morgan fingerprint density at radius 3 is 2.38 bits per heavy atom. The normalized spacial score (nSPS) is 12.6. The summed E-state index contributed by atoms with van der Waals surface area (Å²) in [6, 6.07) is 3.77. The van der Waals surface area contributed by atoms with Crippen molar-refractivity contribution < 1.29 is 16.8 Å². The molecule has 0 fully saturated rings. The first kappa shape index (κ1) is 18.2. The summed E-state index contributed by atoms with van der Waals surface area (Å²) in [5.41, 5.74) is 2.44. The maximum Gasteiger partial charge on any atom is 0.244 e. The molecule has 0 unspecified atom stereocenters. The Labute approximate surface area is 129 Å². The van der Waals surface area contributed by atoms with Crippen LogP contribution in [-0.4, -0.2) is 53.0 Å². The second-order valence-corrected chi connectivity index (χ2v) is 9.41. The van der Waals surface area contributed by atoms with Gasteiger partial charge in [-0.15, -0.1) is 0 Å². The largest absolute Gasteiger partial charge is 0.323 e. The molecule has 0 aromatic heterocycles. The topological polar surface area (TPSA) is 110 Å². The highest BCUT2D eigenvalue weighted by atomic mass is 32.2. The van der Waals surface area contributed by atoms with E-state index in [1.165, 1.54) is 35.2 Å². The first-order valence-corrected chi connectivity index (χ1v) is 10.6. The Bertz CT molecular complexity index is 701. The van der Waals surface area contributed by atoms with Crippen molar-refractivity contribution >= 4 is 37.3 Å². The van der Waals surface area contributed by atoms with E-state index in [1.807, 2.05) is 6.26 Å². The van der Waals surface area contributed by atoms with E-state index in [-0.39, 0.29) is 15.5 Å². The molecule has 0 saturated carbocycles. The van der Waals surface area contributed by atoms with Gasteiger partial charge in [0.05, 0.1) is 10.6 Å². The number of hydrazine groups is 1. The molecule has 120 valence electrons. The summed E-state index contributed by atoms with van der Waals surface area (Å²) in [6.07, 6.45) is 2.89. The third-order valence-electron chi connectivity index (χ3n) is 2.84. The number of hydrogen-bond acceptors (Lipinski definition) is 7. The molecule has 0 heterocycles. The first-order valence-electron chi connectivity index (χ1n) is 5.90. The summed E-state index contributed by atoms with van der Waals surface area (Å²) >= 11 is 1.52. The Kier molecular flexibility index (Phi) is 6.05. The summed E-state index contributed by atoms with van der Waals surface area (Å²) in [5.74, 6) is 5.95.